The molecule has 0 spiro atoms. The van der Waals surface area contributed by atoms with E-state index in [1.165, 1.54) is 10.5 Å². The topological polar surface area (TPSA) is 54.9 Å². The Morgan fingerprint density at radius 3 is 2.46 bits per heavy atom. The van der Waals surface area contributed by atoms with E-state index in [0.29, 0.717) is 19.8 Å². The van der Waals surface area contributed by atoms with Gasteiger partial charge < -0.3 is 20.1 Å². The summed E-state index contributed by atoms with van der Waals surface area (Å²) in [7, 11) is 3.45. The Kier molecular flexibility index (Phi) is 9.46. The van der Waals surface area contributed by atoms with Gasteiger partial charge in [0.1, 0.15) is 12.4 Å². The number of hydrogen-bond donors (Lipinski definition) is 2. The molecule has 0 aliphatic heterocycles. The third-order valence-electron chi connectivity index (χ3n) is 3.57. The van der Waals surface area contributed by atoms with Crippen LogP contribution >= 0.6 is 11.8 Å². The van der Waals surface area contributed by atoms with Gasteiger partial charge in [0, 0.05) is 37.9 Å². The molecule has 140 valence electrons. The Hall–Kier alpha value is -2.18. The summed E-state index contributed by atoms with van der Waals surface area (Å²) < 4.78 is 10.5. The molecular formula is C20H27N3O2S. The van der Waals surface area contributed by atoms with E-state index in [9.17, 15) is 0 Å². The molecule has 0 atom stereocenters. The lowest BCUT2D eigenvalue weighted by atomic mass is 10.2. The van der Waals surface area contributed by atoms with Crippen LogP contribution in [0.2, 0.25) is 0 Å². The van der Waals surface area contributed by atoms with Crippen LogP contribution in [0.1, 0.15) is 5.56 Å². The van der Waals surface area contributed by atoms with E-state index in [0.717, 1.165) is 24.0 Å². The number of aliphatic imine (C=N–C) groups is 1. The Labute approximate surface area is 160 Å². The van der Waals surface area contributed by atoms with Gasteiger partial charge in [0.25, 0.3) is 0 Å². The number of methoxy groups -OCH3 is 1. The van der Waals surface area contributed by atoms with Gasteiger partial charge in [-0.3, -0.25) is 4.99 Å². The first-order valence-electron chi connectivity index (χ1n) is 8.65. The zero-order chi connectivity index (χ0) is 18.5. The molecule has 2 N–H and O–H groups in total. The van der Waals surface area contributed by atoms with Crippen LogP contribution in [0.15, 0.2) is 64.5 Å². The van der Waals surface area contributed by atoms with Crippen LogP contribution in [-0.2, 0) is 11.3 Å². The summed E-state index contributed by atoms with van der Waals surface area (Å²) in [5, 5.41) is 6.66. The number of benzene rings is 2. The zero-order valence-electron chi connectivity index (χ0n) is 15.4. The van der Waals surface area contributed by atoms with E-state index in [-0.39, 0.29) is 0 Å². The SMILES string of the molecule is CN=C(NCCSc1ccccc1)NCc1ccc(OCCOC)cc1. The fourth-order valence-corrected chi connectivity index (χ4v) is 3.00. The Bertz CT molecular complexity index is 648. The van der Waals surface area contributed by atoms with Gasteiger partial charge in [-0.2, -0.15) is 0 Å². The van der Waals surface area contributed by atoms with Crippen LogP contribution in [0.25, 0.3) is 0 Å². The second-order valence-electron chi connectivity index (χ2n) is 5.50. The van der Waals surface area contributed by atoms with Crippen molar-refractivity contribution in [1.82, 2.24) is 10.6 Å². The van der Waals surface area contributed by atoms with Gasteiger partial charge in [-0.15, -0.1) is 11.8 Å². The fraction of sp³-hybridized carbons (Fsp3) is 0.350. The van der Waals surface area contributed by atoms with E-state index >= 15 is 0 Å². The number of ether oxygens (including phenoxy) is 2. The molecule has 0 fully saturated rings. The molecule has 6 heteroatoms. The van der Waals surface area contributed by atoms with Crippen molar-refractivity contribution in [1.29, 1.82) is 0 Å². The lowest BCUT2D eigenvalue weighted by molar-refractivity contribution is 0.146. The van der Waals surface area contributed by atoms with Gasteiger partial charge in [-0.25, -0.2) is 0 Å². The highest BCUT2D eigenvalue weighted by Crippen LogP contribution is 2.15. The highest BCUT2D eigenvalue weighted by Gasteiger charge is 2.00. The quantitative estimate of drug-likeness (QED) is 0.290. The van der Waals surface area contributed by atoms with Gasteiger partial charge in [-0.05, 0) is 29.8 Å². The number of nitrogens with one attached hydrogen (secondary N) is 2. The average molecular weight is 374 g/mol. The highest BCUT2D eigenvalue weighted by atomic mass is 32.2. The predicted octanol–water partition coefficient (Wildman–Crippen LogP) is 3.17. The minimum atomic E-state index is 0.561. The normalized spacial score (nSPS) is 11.2. The number of thioether (sulfide) groups is 1. The van der Waals surface area contributed by atoms with E-state index in [1.807, 2.05) is 42.1 Å². The first-order chi connectivity index (χ1) is 12.8. The fourth-order valence-electron chi connectivity index (χ4n) is 2.21. The number of rotatable bonds is 10. The molecule has 0 saturated carbocycles. The average Bonchev–Trinajstić information content (AvgIpc) is 2.69. The van der Waals surface area contributed by atoms with E-state index in [4.69, 9.17) is 9.47 Å². The van der Waals surface area contributed by atoms with Gasteiger partial charge >= 0.3 is 0 Å². The molecule has 2 aromatic carbocycles. The summed E-state index contributed by atoms with van der Waals surface area (Å²) in [6.07, 6.45) is 0. The Balaban J connectivity index is 1.66. The summed E-state index contributed by atoms with van der Waals surface area (Å²) in [4.78, 5) is 5.54. The van der Waals surface area contributed by atoms with Crippen LogP contribution in [0.5, 0.6) is 5.75 Å². The minimum Gasteiger partial charge on any atom is -0.491 e. The van der Waals surface area contributed by atoms with Crippen molar-refractivity contribution in [3.8, 4) is 5.75 Å². The number of guanidine groups is 1. The predicted molar refractivity (Wildman–Crippen MR) is 109 cm³/mol. The molecule has 0 aliphatic carbocycles. The van der Waals surface area contributed by atoms with Crippen molar-refractivity contribution in [2.75, 3.05) is 39.7 Å². The first-order valence-corrected chi connectivity index (χ1v) is 9.63. The third-order valence-corrected chi connectivity index (χ3v) is 4.58. The van der Waals surface area contributed by atoms with Crippen LogP contribution in [0, 0.1) is 0 Å². The molecule has 0 aromatic heterocycles. The molecule has 0 bridgehead atoms. The third kappa shape index (κ3) is 7.80. The maximum Gasteiger partial charge on any atom is 0.191 e. The Morgan fingerprint density at radius 1 is 1.00 bits per heavy atom. The summed E-state index contributed by atoms with van der Waals surface area (Å²) in [5.74, 6) is 2.64. The van der Waals surface area contributed by atoms with Crippen molar-refractivity contribution in [2.45, 2.75) is 11.4 Å². The summed E-state index contributed by atoms with van der Waals surface area (Å²) in [6.45, 7) is 2.72. The van der Waals surface area contributed by atoms with Crippen molar-refractivity contribution < 1.29 is 9.47 Å². The van der Waals surface area contributed by atoms with Gasteiger partial charge in [0.05, 0.1) is 6.61 Å². The lowest BCUT2D eigenvalue weighted by Gasteiger charge is -2.12. The minimum absolute atomic E-state index is 0.561. The largest absolute Gasteiger partial charge is 0.491 e. The molecule has 0 aliphatic rings. The van der Waals surface area contributed by atoms with Gasteiger partial charge in [0.15, 0.2) is 5.96 Å². The molecule has 0 unspecified atom stereocenters. The van der Waals surface area contributed by atoms with Gasteiger partial charge in [0.2, 0.25) is 0 Å². The molecule has 26 heavy (non-hydrogen) atoms. The second kappa shape index (κ2) is 12.2. The molecular weight excluding hydrogens is 346 g/mol. The zero-order valence-corrected chi connectivity index (χ0v) is 16.2. The number of hydrogen-bond acceptors (Lipinski definition) is 4. The van der Waals surface area contributed by atoms with Crippen LogP contribution in [0.3, 0.4) is 0 Å². The molecule has 0 saturated heterocycles. The van der Waals surface area contributed by atoms with Crippen LogP contribution in [-0.4, -0.2) is 45.6 Å². The maximum absolute atomic E-state index is 5.57. The van der Waals surface area contributed by atoms with Crippen molar-refractivity contribution in [3.05, 3.63) is 60.2 Å². The number of nitrogens with zero attached hydrogens (tertiary/aromatic N) is 1. The molecule has 2 aromatic rings. The molecule has 0 amide bonds. The van der Waals surface area contributed by atoms with Crippen molar-refractivity contribution >= 4 is 17.7 Å². The highest BCUT2D eigenvalue weighted by molar-refractivity contribution is 7.99. The second-order valence-corrected chi connectivity index (χ2v) is 6.67. The smallest absolute Gasteiger partial charge is 0.191 e. The molecule has 0 heterocycles. The van der Waals surface area contributed by atoms with Crippen LogP contribution in [0.4, 0.5) is 0 Å². The van der Waals surface area contributed by atoms with E-state index < -0.39 is 0 Å². The van der Waals surface area contributed by atoms with Crippen molar-refractivity contribution in [2.24, 2.45) is 4.99 Å². The molecule has 2 rings (SSSR count). The van der Waals surface area contributed by atoms with Gasteiger partial charge in [-0.1, -0.05) is 30.3 Å². The monoisotopic (exact) mass is 373 g/mol. The summed E-state index contributed by atoms with van der Waals surface area (Å²) in [5.41, 5.74) is 1.17. The molecule has 0 radical (unpaired) electrons. The van der Waals surface area contributed by atoms with Crippen molar-refractivity contribution in [3.63, 3.8) is 0 Å². The summed E-state index contributed by atoms with van der Waals surface area (Å²) >= 11 is 1.83. The standard InChI is InChI=1S/C20H27N3O2S/c1-21-20(22-12-15-26-19-6-4-3-5-7-19)23-16-17-8-10-18(11-9-17)25-14-13-24-2/h3-11H,12-16H2,1-2H3,(H2,21,22,23). The lowest BCUT2D eigenvalue weighted by Crippen LogP contribution is -2.37. The van der Waals surface area contributed by atoms with Crippen LogP contribution < -0.4 is 15.4 Å². The first kappa shape index (κ1) is 20.1. The van der Waals surface area contributed by atoms with E-state index in [1.54, 1.807) is 14.2 Å². The molecule has 5 nitrogen and oxygen atoms in total. The van der Waals surface area contributed by atoms with E-state index in [2.05, 4.69) is 39.9 Å². The Morgan fingerprint density at radius 2 is 1.77 bits per heavy atom. The maximum atomic E-state index is 5.57. The summed E-state index contributed by atoms with van der Waals surface area (Å²) in [6, 6.07) is 18.4.